The van der Waals surface area contributed by atoms with Crippen molar-refractivity contribution in [3.05, 3.63) is 0 Å². The maximum atomic E-state index is 11.4. The van der Waals surface area contributed by atoms with Gasteiger partial charge >= 0.3 is 24.7 Å². The maximum Gasteiger partial charge on any atom is 0.391 e. The van der Waals surface area contributed by atoms with Crippen molar-refractivity contribution < 1.29 is 52.7 Å². The molecule has 0 aliphatic heterocycles. The van der Waals surface area contributed by atoms with Gasteiger partial charge < -0.3 is 0 Å². The highest BCUT2D eigenvalue weighted by Crippen LogP contribution is 2.28. The lowest BCUT2D eigenvalue weighted by atomic mass is 9.94. The summed E-state index contributed by atoms with van der Waals surface area (Å²) in [6.07, 6.45) is 11.4. The predicted molar refractivity (Wildman–Crippen MR) is 409 cm³/mol. The minimum atomic E-state index is -3.99. The summed E-state index contributed by atoms with van der Waals surface area (Å²) in [5, 5.41) is 0. The van der Waals surface area contributed by atoms with Crippen LogP contribution in [0.15, 0.2) is 0 Å². The van der Waals surface area contributed by atoms with E-state index in [0.29, 0.717) is 10.8 Å². The number of unbranched alkanes of at least 4 members (excludes halogenated alkanes) is 5. The number of alkyl halides is 12. The van der Waals surface area contributed by atoms with Crippen LogP contribution in [0.2, 0.25) is 0 Å². The Bertz CT molecular complexity index is 1020. The molecule has 0 aromatic carbocycles. The molecule has 2 unspecified atom stereocenters. The van der Waals surface area contributed by atoms with Crippen LogP contribution in [0.25, 0.3) is 0 Å². The third-order valence-electron chi connectivity index (χ3n) is 13.7. The molecule has 0 aliphatic carbocycles. The molecular formula is C81H182F12. The molecular weight excluding hydrogens is 1200 g/mol. The largest absolute Gasteiger partial charge is 0.391 e. The molecule has 12 heteroatoms. The van der Waals surface area contributed by atoms with Crippen LogP contribution >= 0.6 is 0 Å². The van der Waals surface area contributed by atoms with Crippen molar-refractivity contribution in [3.8, 4) is 0 Å². The van der Waals surface area contributed by atoms with E-state index >= 15 is 0 Å². The zero-order chi connectivity index (χ0) is 78.7. The van der Waals surface area contributed by atoms with Crippen LogP contribution in [0.1, 0.15) is 450 Å². The van der Waals surface area contributed by atoms with Gasteiger partial charge in [0.1, 0.15) is 0 Å². The highest BCUT2D eigenvalue weighted by atomic mass is 19.4. The SMILES string of the molecule is CCC.CCC(C)(C)C.CCC(C)(C)C.CCC(C)C.CCC(C)C.CCC(C)C(F)(F)F.CCC(C)C(F)(F)F.CCC(C)CC.CCC(C)CC.CCCC.CCCC.CCCC(C)C.CCCC(F)(F)F.CCCC(F)(F)F.CCCCC.CCCCC(C)C. The van der Waals surface area contributed by atoms with Gasteiger partial charge in [-0.25, -0.2) is 0 Å². The van der Waals surface area contributed by atoms with E-state index in [1.807, 2.05) is 0 Å². The van der Waals surface area contributed by atoms with Crippen LogP contribution < -0.4 is 0 Å². The first-order chi connectivity index (χ1) is 42.1. The van der Waals surface area contributed by atoms with Crippen molar-refractivity contribution in [1.29, 1.82) is 0 Å². The third kappa shape index (κ3) is 266. The van der Waals surface area contributed by atoms with Crippen LogP contribution in [-0.2, 0) is 0 Å². The van der Waals surface area contributed by atoms with Gasteiger partial charge in [-0.15, -0.1) is 0 Å². The van der Waals surface area contributed by atoms with Gasteiger partial charge in [-0.05, 0) is 72.0 Å². The lowest BCUT2D eigenvalue weighted by Crippen LogP contribution is -2.18. The monoisotopic (exact) mass is 1380 g/mol. The molecule has 0 amide bonds. The molecule has 0 nitrogen and oxygen atoms in total. The summed E-state index contributed by atoms with van der Waals surface area (Å²) in [4.78, 5) is 0. The number of hydrogen-bond donors (Lipinski definition) is 0. The fourth-order valence-corrected chi connectivity index (χ4v) is 3.15. The van der Waals surface area contributed by atoms with Gasteiger partial charge in [0.15, 0.2) is 0 Å². The molecule has 0 fully saturated rings. The molecule has 2 atom stereocenters. The summed E-state index contributed by atoms with van der Waals surface area (Å²) in [5.41, 5.74) is 1.08. The van der Waals surface area contributed by atoms with Gasteiger partial charge in [0, 0.05) is 12.8 Å². The first-order valence-electron chi connectivity index (χ1n) is 38.3. The van der Waals surface area contributed by atoms with Crippen LogP contribution in [0.3, 0.4) is 0 Å². The molecule has 0 N–H and O–H groups in total. The topological polar surface area (TPSA) is 0 Å². The Labute approximate surface area is 583 Å². The van der Waals surface area contributed by atoms with Crippen LogP contribution in [-0.4, -0.2) is 24.7 Å². The summed E-state index contributed by atoms with van der Waals surface area (Å²) in [5.74, 6) is 3.14. The standard InChI is InChI=1S/C7H16.5C6H14.2C5H9F3.3C5H12.2C4H7F3.2C4H10.C3H8/c1-4-5-6-7(2)3;2*1-5-6(2,3)4;1-4-5-6(2)3;2*1-4-6(3)5-2;2*1-3-4(2)5(6,7)8;2*1-4-5(2)3;1-3-5-4-2;2*1-2-3-4(5,6)7;2*1-3-4-2;1-3-2/h7H,4-6H2,1-3H3;2*5H2,1-4H3;3*6H,4-5H2,1-3H3;2*4H,3H2,1-2H3;2*5H,4H2,1-3H3;3-5H2,1-2H3;2*2-3H2,1H3;2*3-4H2,1-2H3;3H2,1-2H3. The molecule has 0 aromatic heterocycles. The lowest BCUT2D eigenvalue weighted by Gasteiger charge is -2.12. The second kappa shape index (κ2) is 99.8. The van der Waals surface area contributed by atoms with Gasteiger partial charge in [0.25, 0.3) is 0 Å². The number of hydrogen-bond acceptors (Lipinski definition) is 0. The van der Waals surface area contributed by atoms with Crippen molar-refractivity contribution in [2.75, 3.05) is 0 Å². The lowest BCUT2D eigenvalue weighted by molar-refractivity contribution is -0.170. The van der Waals surface area contributed by atoms with E-state index in [4.69, 9.17) is 0 Å². The Morgan fingerprint density at radius 1 is 0.237 bits per heavy atom. The molecule has 0 spiro atoms. The minimum Gasteiger partial charge on any atom is -0.171 e. The Morgan fingerprint density at radius 3 is 0.441 bits per heavy atom. The minimum absolute atomic E-state index is 0.170. The average Bonchev–Trinajstić information content (AvgIpc) is 2.81. The summed E-state index contributed by atoms with van der Waals surface area (Å²) in [6.45, 7) is 84.0. The van der Waals surface area contributed by atoms with Crippen molar-refractivity contribution >= 4 is 0 Å². The fraction of sp³-hybridized carbons (Fsp3) is 1.00. The number of halogens is 12. The normalized spacial score (nSPS) is 11.2. The molecule has 0 radical (unpaired) electrons. The van der Waals surface area contributed by atoms with Crippen molar-refractivity contribution in [2.45, 2.75) is 475 Å². The highest BCUT2D eigenvalue weighted by Gasteiger charge is 2.34. The molecule has 0 saturated heterocycles. The second-order valence-electron chi connectivity index (χ2n) is 28.5. The Balaban J connectivity index is -0.0000000488. The molecule has 93 heavy (non-hydrogen) atoms. The molecule has 0 aliphatic rings. The van der Waals surface area contributed by atoms with E-state index < -0.39 is 49.4 Å². The molecule has 0 rings (SSSR count). The third-order valence-corrected chi connectivity index (χ3v) is 13.7. The van der Waals surface area contributed by atoms with Crippen LogP contribution in [0, 0.1) is 58.2 Å². The Kier molecular flexibility index (Phi) is 142. The molecule has 0 heterocycles. The smallest absolute Gasteiger partial charge is 0.171 e. The van der Waals surface area contributed by atoms with E-state index in [-0.39, 0.29) is 25.7 Å². The number of rotatable bonds is 19. The first-order valence-corrected chi connectivity index (χ1v) is 38.3. The van der Waals surface area contributed by atoms with Crippen molar-refractivity contribution in [1.82, 2.24) is 0 Å². The van der Waals surface area contributed by atoms with Crippen LogP contribution in [0.5, 0.6) is 0 Å². The molecule has 0 bridgehead atoms. The maximum absolute atomic E-state index is 11.4. The zero-order valence-electron chi connectivity index (χ0n) is 71.2. The van der Waals surface area contributed by atoms with Crippen molar-refractivity contribution in [3.63, 3.8) is 0 Å². The molecule has 0 aromatic rings. The van der Waals surface area contributed by atoms with Gasteiger partial charge in [0.05, 0.1) is 11.8 Å². The van der Waals surface area contributed by atoms with E-state index in [9.17, 15) is 52.7 Å². The second-order valence-corrected chi connectivity index (χ2v) is 28.5. The van der Waals surface area contributed by atoms with Gasteiger partial charge in [-0.2, -0.15) is 52.7 Å². The first kappa shape index (κ1) is 132. The average molecular weight is 1380 g/mol. The summed E-state index contributed by atoms with van der Waals surface area (Å²) < 4.78 is 135. The Morgan fingerprint density at radius 2 is 0.430 bits per heavy atom. The van der Waals surface area contributed by atoms with Gasteiger partial charge in [0.2, 0.25) is 0 Å². The van der Waals surface area contributed by atoms with Crippen molar-refractivity contribution in [2.24, 2.45) is 58.2 Å². The molecule has 0 saturated carbocycles. The summed E-state index contributed by atoms with van der Waals surface area (Å²) >= 11 is 0. The quantitative estimate of drug-likeness (QED) is 0.113. The van der Waals surface area contributed by atoms with Gasteiger partial charge in [-0.3, -0.25) is 0 Å². The van der Waals surface area contributed by atoms with Crippen LogP contribution in [0.4, 0.5) is 52.7 Å². The van der Waals surface area contributed by atoms with E-state index in [1.54, 1.807) is 0 Å². The van der Waals surface area contributed by atoms with Gasteiger partial charge in [-0.1, -0.05) is 412 Å². The summed E-state index contributed by atoms with van der Waals surface area (Å²) in [6, 6.07) is 0. The van der Waals surface area contributed by atoms with E-state index in [0.717, 1.165) is 35.5 Å². The van der Waals surface area contributed by atoms with E-state index in [1.165, 1.54) is 176 Å². The highest BCUT2D eigenvalue weighted by molar-refractivity contribution is 4.59. The predicted octanol–water partition coefficient (Wildman–Crippen LogP) is 36.3. The van der Waals surface area contributed by atoms with E-state index in [2.05, 4.69) is 235 Å². The summed E-state index contributed by atoms with van der Waals surface area (Å²) in [7, 11) is 0. The Hall–Kier alpha value is -0.840. The molecule has 590 valence electrons. The zero-order valence-corrected chi connectivity index (χ0v) is 71.2. The fourth-order valence-electron chi connectivity index (χ4n) is 3.15.